The van der Waals surface area contributed by atoms with Gasteiger partial charge in [0, 0.05) is 11.6 Å². The first-order valence-corrected chi connectivity index (χ1v) is 3.60. The molecule has 0 saturated heterocycles. The molecule has 2 rings (SSSR count). The maximum atomic E-state index is 9.36. The van der Waals surface area contributed by atoms with Crippen LogP contribution in [0.4, 0.5) is 0 Å². The number of para-hydroxylation sites is 1. The van der Waals surface area contributed by atoms with E-state index in [1.165, 1.54) is 6.20 Å². The molecule has 0 amide bonds. The van der Waals surface area contributed by atoms with Gasteiger partial charge in [-0.3, -0.25) is 4.98 Å². The van der Waals surface area contributed by atoms with Crippen molar-refractivity contribution >= 4 is 24.2 Å². The molecule has 0 atom stereocenters. The molecule has 2 radical (unpaired) electrons. The van der Waals surface area contributed by atoms with Crippen LogP contribution >= 0.6 is 0 Å². The highest BCUT2D eigenvalue weighted by Gasteiger charge is 1.98. The van der Waals surface area contributed by atoms with E-state index in [0.29, 0.717) is 11.0 Å². The summed E-state index contributed by atoms with van der Waals surface area (Å²) >= 11 is 0. The van der Waals surface area contributed by atoms with Crippen LogP contribution in [0.15, 0.2) is 30.5 Å². The van der Waals surface area contributed by atoms with Crippen molar-refractivity contribution < 1.29 is 5.11 Å². The molecule has 3 heteroatoms. The summed E-state index contributed by atoms with van der Waals surface area (Å²) in [6.45, 7) is 0. The first kappa shape index (κ1) is 7.16. The second kappa shape index (κ2) is 2.52. The van der Waals surface area contributed by atoms with E-state index in [9.17, 15) is 5.11 Å². The molecule has 0 aliphatic carbocycles. The van der Waals surface area contributed by atoms with Crippen LogP contribution < -0.4 is 5.46 Å². The van der Waals surface area contributed by atoms with Crippen LogP contribution in [-0.4, -0.2) is 17.9 Å². The lowest BCUT2D eigenvalue weighted by Gasteiger charge is -1.99. The molecule has 0 aliphatic heterocycles. The Labute approximate surface area is 71.3 Å². The molecule has 0 fully saturated rings. The molecular weight excluding hydrogens is 149 g/mol. The second-order valence-electron chi connectivity index (χ2n) is 2.62. The third-order valence-corrected chi connectivity index (χ3v) is 1.71. The predicted octanol–water partition coefficient (Wildman–Crippen LogP) is 0.734. The normalized spacial score (nSPS) is 10.3. The Bertz CT molecular complexity index is 428. The quantitative estimate of drug-likeness (QED) is 0.569. The highest BCUT2D eigenvalue weighted by atomic mass is 16.3. The number of aromatic nitrogens is 1. The van der Waals surface area contributed by atoms with E-state index < -0.39 is 0 Å². The fourth-order valence-corrected chi connectivity index (χ4v) is 1.16. The number of hydrogen-bond acceptors (Lipinski definition) is 2. The van der Waals surface area contributed by atoms with Gasteiger partial charge in [0.05, 0.1) is 0 Å². The van der Waals surface area contributed by atoms with Gasteiger partial charge in [-0.1, -0.05) is 23.7 Å². The third kappa shape index (κ3) is 1.03. The average molecular weight is 155 g/mol. The zero-order valence-corrected chi connectivity index (χ0v) is 6.36. The minimum atomic E-state index is 0.188. The maximum absolute atomic E-state index is 9.36. The summed E-state index contributed by atoms with van der Waals surface area (Å²) in [6, 6.07) is 7.00. The number of fused-ring (bicyclic) bond motifs is 1. The van der Waals surface area contributed by atoms with Gasteiger partial charge in [-0.25, -0.2) is 0 Å². The molecule has 2 aromatic rings. The number of hydrogen-bond donors (Lipinski definition) is 1. The zero-order valence-electron chi connectivity index (χ0n) is 6.36. The zero-order chi connectivity index (χ0) is 8.55. The first-order valence-electron chi connectivity index (χ1n) is 3.60. The lowest BCUT2D eigenvalue weighted by Crippen LogP contribution is -2.01. The molecule has 1 heterocycles. The molecule has 12 heavy (non-hydrogen) atoms. The number of aromatic hydroxyl groups is 1. The summed E-state index contributed by atoms with van der Waals surface area (Å²) in [5.41, 5.74) is 1.19. The number of pyridine rings is 1. The summed E-state index contributed by atoms with van der Waals surface area (Å²) in [6.07, 6.45) is 1.53. The molecule has 1 aromatic heterocycles. The fraction of sp³-hybridized carbons (Fsp3) is 0. The monoisotopic (exact) mass is 155 g/mol. The smallest absolute Gasteiger partial charge is 0.141 e. The van der Waals surface area contributed by atoms with Gasteiger partial charge in [-0.05, 0) is 6.07 Å². The largest absolute Gasteiger partial charge is 0.506 e. The standard InChI is InChI=1S/C9H6BNO/c10-7-4-6-2-1-3-8(12)9(6)11-5-7/h1-5,12H. The van der Waals surface area contributed by atoms with E-state index in [-0.39, 0.29) is 5.75 Å². The summed E-state index contributed by atoms with van der Waals surface area (Å²) in [5.74, 6) is 0.188. The van der Waals surface area contributed by atoms with Gasteiger partial charge in [0.2, 0.25) is 0 Å². The van der Waals surface area contributed by atoms with E-state index in [1.54, 1.807) is 18.2 Å². The van der Waals surface area contributed by atoms with Crippen molar-refractivity contribution in [3.63, 3.8) is 0 Å². The van der Waals surface area contributed by atoms with E-state index in [1.807, 2.05) is 6.07 Å². The molecule has 1 aromatic carbocycles. The van der Waals surface area contributed by atoms with Gasteiger partial charge in [-0.2, -0.15) is 0 Å². The van der Waals surface area contributed by atoms with Crippen molar-refractivity contribution in [2.45, 2.75) is 0 Å². The van der Waals surface area contributed by atoms with E-state index in [0.717, 1.165) is 5.39 Å². The van der Waals surface area contributed by atoms with E-state index >= 15 is 0 Å². The fourth-order valence-electron chi connectivity index (χ4n) is 1.16. The Morgan fingerprint density at radius 1 is 1.33 bits per heavy atom. The van der Waals surface area contributed by atoms with Crippen molar-refractivity contribution in [3.05, 3.63) is 30.5 Å². The van der Waals surface area contributed by atoms with Crippen molar-refractivity contribution in [3.8, 4) is 5.75 Å². The Kier molecular flexibility index (Phi) is 1.50. The molecule has 1 N–H and O–H groups in total. The van der Waals surface area contributed by atoms with Crippen LogP contribution in [0.1, 0.15) is 0 Å². The van der Waals surface area contributed by atoms with Crippen LogP contribution in [0.25, 0.3) is 10.9 Å². The van der Waals surface area contributed by atoms with Crippen LogP contribution in [0.3, 0.4) is 0 Å². The lowest BCUT2D eigenvalue weighted by molar-refractivity contribution is 0.480. The molecule has 0 unspecified atom stereocenters. The van der Waals surface area contributed by atoms with Gasteiger partial charge < -0.3 is 5.11 Å². The van der Waals surface area contributed by atoms with Gasteiger partial charge in [0.15, 0.2) is 0 Å². The van der Waals surface area contributed by atoms with Crippen molar-refractivity contribution in [1.29, 1.82) is 0 Å². The number of benzene rings is 1. The average Bonchev–Trinajstić information content (AvgIpc) is 2.04. The maximum Gasteiger partial charge on any atom is 0.141 e. The summed E-state index contributed by atoms with van der Waals surface area (Å²) in [5, 5.41) is 10.2. The molecule has 0 bridgehead atoms. The summed E-state index contributed by atoms with van der Waals surface area (Å²) in [4.78, 5) is 4.01. The minimum Gasteiger partial charge on any atom is -0.506 e. The SMILES string of the molecule is [B]c1cnc2c(O)cccc2c1. The Balaban J connectivity index is 2.86. The number of nitrogens with zero attached hydrogens (tertiary/aromatic N) is 1. The van der Waals surface area contributed by atoms with Gasteiger partial charge in [0.1, 0.15) is 19.1 Å². The Morgan fingerprint density at radius 3 is 3.00 bits per heavy atom. The number of rotatable bonds is 0. The number of phenolic OH excluding ortho intramolecular Hbond substituents is 1. The highest BCUT2D eigenvalue weighted by Crippen LogP contribution is 2.19. The third-order valence-electron chi connectivity index (χ3n) is 1.71. The second-order valence-corrected chi connectivity index (χ2v) is 2.62. The van der Waals surface area contributed by atoms with Crippen molar-refractivity contribution in [1.82, 2.24) is 4.98 Å². The number of phenols is 1. The van der Waals surface area contributed by atoms with Crippen LogP contribution in [0.5, 0.6) is 5.75 Å². The van der Waals surface area contributed by atoms with Gasteiger partial charge in [-0.15, -0.1) is 0 Å². The molecular formula is C9H6BNO. The predicted molar refractivity (Wildman–Crippen MR) is 48.8 cm³/mol. The van der Waals surface area contributed by atoms with E-state index in [4.69, 9.17) is 7.85 Å². The van der Waals surface area contributed by atoms with Gasteiger partial charge >= 0.3 is 0 Å². The van der Waals surface area contributed by atoms with E-state index in [2.05, 4.69) is 4.98 Å². The summed E-state index contributed by atoms with van der Waals surface area (Å²) < 4.78 is 0. The lowest BCUT2D eigenvalue weighted by atomic mass is 9.97. The minimum absolute atomic E-state index is 0.188. The van der Waals surface area contributed by atoms with Crippen molar-refractivity contribution in [2.24, 2.45) is 0 Å². The van der Waals surface area contributed by atoms with Crippen LogP contribution in [0.2, 0.25) is 0 Å². The molecule has 0 saturated carbocycles. The highest BCUT2D eigenvalue weighted by molar-refractivity contribution is 6.32. The Morgan fingerprint density at radius 2 is 2.17 bits per heavy atom. The first-order chi connectivity index (χ1) is 5.77. The summed E-state index contributed by atoms with van der Waals surface area (Å²) in [7, 11) is 5.53. The molecule has 2 nitrogen and oxygen atoms in total. The molecule has 56 valence electrons. The van der Waals surface area contributed by atoms with Crippen LogP contribution in [-0.2, 0) is 0 Å². The van der Waals surface area contributed by atoms with Crippen molar-refractivity contribution in [2.75, 3.05) is 0 Å². The molecule has 0 spiro atoms. The topological polar surface area (TPSA) is 33.1 Å². The molecule has 0 aliphatic rings. The van der Waals surface area contributed by atoms with Gasteiger partial charge in [0.25, 0.3) is 0 Å². The van der Waals surface area contributed by atoms with Crippen LogP contribution in [0, 0.1) is 0 Å². The Hall–Kier alpha value is -1.51.